The van der Waals surface area contributed by atoms with Crippen LogP contribution in [0, 0.1) is 0 Å². The maximum atomic E-state index is 13.4. The van der Waals surface area contributed by atoms with E-state index in [1.54, 1.807) is 6.07 Å². The monoisotopic (exact) mass is 655 g/mol. The summed E-state index contributed by atoms with van der Waals surface area (Å²) in [5, 5.41) is 14.7. The molecule has 0 bridgehead atoms. The number of aromatic nitrogens is 5. The lowest BCUT2D eigenvalue weighted by Crippen LogP contribution is -2.36. The van der Waals surface area contributed by atoms with Gasteiger partial charge in [0.25, 0.3) is 0 Å². The van der Waals surface area contributed by atoms with Crippen molar-refractivity contribution in [3.63, 3.8) is 0 Å². The van der Waals surface area contributed by atoms with Crippen LogP contribution in [0.5, 0.6) is 5.75 Å². The Balaban J connectivity index is 1.29. The summed E-state index contributed by atoms with van der Waals surface area (Å²) in [4.78, 5) is 39.8. The number of urea groups is 1. The molecular formula is C36H49N9O3. The van der Waals surface area contributed by atoms with E-state index in [2.05, 4.69) is 67.4 Å². The molecule has 48 heavy (non-hydrogen) atoms. The molecule has 256 valence electrons. The molecular weight excluding hydrogens is 606 g/mol. The Morgan fingerprint density at radius 2 is 1.73 bits per heavy atom. The van der Waals surface area contributed by atoms with Crippen molar-refractivity contribution >= 4 is 29.2 Å². The van der Waals surface area contributed by atoms with Crippen LogP contribution in [-0.2, 0) is 5.41 Å². The third-order valence-electron chi connectivity index (χ3n) is 8.89. The number of pyridine rings is 1. The normalized spacial score (nSPS) is 16.1. The summed E-state index contributed by atoms with van der Waals surface area (Å²) in [7, 11) is 2.03. The Hall–Kier alpha value is -4.58. The number of benzene rings is 1. The molecule has 1 aliphatic carbocycles. The van der Waals surface area contributed by atoms with Gasteiger partial charge in [-0.2, -0.15) is 0 Å². The fraction of sp³-hybridized carbons (Fsp3) is 0.500. The zero-order valence-corrected chi connectivity index (χ0v) is 29.3. The number of nitrogens with one attached hydrogen (secondary N) is 2. The minimum Gasteiger partial charge on any atom is -0.484 e. The van der Waals surface area contributed by atoms with Crippen molar-refractivity contribution in [3.8, 4) is 5.75 Å². The summed E-state index contributed by atoms with van der Waals surface area (Å²) in [5.41, 5.74) is 3.15. The first kappa shape index (κ1) is 34.7. The smallest absolute Gasteiger partial charge is 0.320 e. The van der Waals surface area contributed by atoms with Crippen LogP contribution in [-0.4, -0.2) is 74.5 Å². The third kappa shape index (κ3) is 8.10. The van der Waals surface area contributed by atoms with E-state index in [-0.39, 0.29) is 29.2 Å². The fourth-order valence-electron chi connectivity index (χ4n) is 5.95. The van der Waals surface area contributed by atoms with Crippen LogP contribution in [0.2, 0.25) is 0 Å². The molecule has 12 heteroatoms. The van der Waals surface area contributed by atoms with Gasteiger partial charge in [-0.05, 0) is 76.5 Å². The predicted octanol–water partition coefficient (Wildman–Crippen LogP) is 6.35. The molecule has 4 aromatic rings. The van der Waals surface area contributed by atoms with E-state index in [1.807, 2.05) is 68.7 Å². The number of hydrogen-bond donors (Lipinski definition) is 2. The van der Waals surface area contributed by atoms with Crippen molar-refractivity contribution in [1.29, 1.82) is 0 Å². The highest BCUT2D eigenvalue weighted by Crippen LogP contribution is 2.39. The number of carbonyl (C=O) groups is 2. The second kappa shape index (κ2) is 15.1. The number of fused-ring (bicyclic) bond motifs is 2. The summed E-state index contributed by atoms with van der Waals surface area (Å²) in [5.74, 6) is 1.82. The molecule has 0 aliphatic heterocycles. The van der Waals surface area contributed by atoms with E-state index < -0.39 is 6.03 Å². The highest BCUT2D eigenvalue weighted by molar-refractivity contribution is 5.94. The van der Waals surface area contributed by atoms with Gasteiger partial charge in [-0.25, -0.2) is 14.8 Å². The number of ether oxygens (including phenoxy) is 1. The summed E-state index contributed by atoms with van der Waals surface area (Å²) in [6.45, 7) is 15.7. The SMILES string of the molecule is CCN(C)CCCC(=O)c1nc(NC(=O)N[C@H]2CC[C@@H](Oc3ccc4nnc(N(CC)CC)n4c3)c3ccccc32)cc(C(C)(C)C)n1. The molecule has 1 aliphatic rings. The van der Waals surface area contributed by atoms with Gasteiger partial charge in [-0.1, -0.05) is 52.0 Å². The number of ketones is 1. The molecule has 3 heterocycles. The summed E-state index contributed by atoms with van der Waals surface area (Å²) < 4.78 is 8.53. The third-order valence-corrected chi connectivity index (χ3v) is 8.89. The number of carbonyl (C=O) groups excluding carboxylic acids is 2. The van der Waals surface area contributed by atoms with E-state index in [9.17, 15) is 9.59 Å². The molecule has 5 rings (SSSR count). The van der Waals surface area contributed by atoms with Gasteiger partial charge in [0.2, 0.25) is 5.95 Å². The van der Waals surface area contributed by atoms with Crippen LogP contribution in [0.4, 0.5) is 16.6 Å². The van der Waals surface area contributed by atoms with Gasteiger partial charge in [0.15, 0.2) is 17.3 Å². The second-order valence-corrected chi connectivity index (χ2v) is 13.4. The molecule has 0 fully saturated rings. The van der Waals surface area contributed by atoms with E-state index >= 15 is 0 Å². The Morgan fingerprint density at radius 3 is 2.44 bits per heavy atom. The van der Waals surface area contributed by atoms with E-state index in [1.165, 1.54) is 0 Å². The molecule has 0 saturated heterocycles. The lowest BCUT2D eigenvalue weighted by molar-refractivity contribution is 0.0966. The highest BCUT2D eigenvalue weighted by atomic mass is 16.5. The molecule has 0 spiro atoms. The average Bonchev–Trinajstić information content (AvgIpc) is 3.48. The molecule has 3 aromatic heterocycles. The Morgan fingerprint density at radius 1 is 0.979 bits per heavy atom. The van der Waals surface area contributed by atoms with Crippen molar-refractivity contribution < 1.29 is 14.3 Å². The van der Waals surface area contributed by atoms with Gasteiger partial charge in [-0.15, -0.1) is 10.2 Å². The van der Waals surface area contributed by atoms with Gasteiger partial charge in [0, 0.05) is 31.0 Å². The quantitative estimate of drug-likeness (QED) is 0.158. The maximum absolute atomic E-state index is 13.4. The Bertz CT molecular complexity index is 1730. The number of nitrogens with zero attached hydrogens (tertiary/aromatic N) is 7. The van der Waals surface area contributed by atoms with Crippen LogP contribution >= 0.6 is 0 Å². The first-order valence-electron chi connectivity index (χ1n) is 17.0. The minimum atomic E-state index is -0.391. The average molecular weight is 656 g/mol. The molecule has 2 atom stereocenters. The van der Waals surface area contributed by atoms with Crippen LogP contribution in [0.3, 0.4) is 0 Å². The Kier molecular flexibility index (Phi) is 10.9. The van der Waals surface area contributed by atoms with Crippen LogP contribution < -0.4 is 20.3 Å². The number of rotatable bonds is 13. The molecule has 0 radical (unpaired) electrons. The summed E-state index contributed by atoms with van der Waals surface area (Å²) in [6, 6.07) is 13.0. The lowest BCUT2D eigenvalue weighted by atomic mass is 9.85. The van der Waals surface area contributed by atoms with Crippen molar-refractivity contribution in [2.24, 2.45) is 0 Å². The fourth-order valence-corrected chi connectivity index (χ4v) is 5.95. The van der Waals surface area contributed by atoms with Gasteiger partial charge < -0.3 is 19.9 Å². The van der Waals surface area contributed by atoms with Gasteiger partial charge in [0.05, 0.1) is 17.9 Å². The summed E-state index contributed by atoms with van der Waals surface area (Å²) in [6.07, 6.45) is 4.21. The largest absolute Gasteiger partial charge is 0.484 e. The molecule has 2 N–H and O–H groups in total. The number of Topliss-reactive ketones (excluding diaryl/α,β-unsaturated/α-hetero) is 1. The van der Waals surface area contributed by atoms with Crippen molar-refractivity contribution in [3.05, 3.63) is 71.3 Å². The van der Waals surface area contributed by atoms with Crippen LogP contribution in [0.25, 0.3) is 5.65 Å². The molecule has 0 saturated carbocycles. The zero-order chi connectivity index (χ0) is 34.4. The van der Waals surface area contributed by atoms with Crippen LogP contribution in [0.15, 0.2) is 48.7 Å². The summed E-state index contributed by atoms with van der Waals surface area (Å²) >= 11 is 0. The first-order chi connectivity index (χ1) is 23.0. The van der Waals surface area contributed by atoms with Crippen molar-refractivity contribution in [2.75, 3.05) is 43.4 Å². The van der Waals surface area contributed by atoms with Crippen molar-refractivity contribution in [2.45, 2.75) is 84.8 Å². The first-order valence-corrected chi connectivity index (χ1v) is 17.0. The zero-order valence-electron chi connectivity index (χ0n) is 29.3. The molecule has 0 unspecified atom stereocenters. The highest BCUT2D eigenvalue weighted by Gasteiger charge is 2.30. The predicted molar refractivity (Wildman–Crippen MR) is 188 cm³/mol. The van der Waals surface area contributed by atoms with E-state index in [0.29, 0.717) is 37.2 Å². The topological polar surface area (TPSA) is 130 Å². The number of amides is 2. The number of hydrogen-bond acceptors (Lipinski definition) is 9. The lowest BCUT2D eigenvalue weighted by Gasteiger charge is -2.32. The Labute approximate surface area is 283 Å². The standard InChI is InChI=1S/C36H49N9O3/c1-8-43(7)21-13-16-28(46)33-38-30(36(4,5)6)22-31(39-33)40-34(47)37-27-18-19-29(26-15-12-11-14-25(26)27)48-24-17-20-32-41-42-35(45(32)23-24)44(9-2)10-3/h11-12,14-15,17,20,22-23,27,29H,8-10,13,16,18-19,21H2,1-7H3,(H2,37,38,39,40,47)/t27-,29+/m0/s1. The van der Waals surface area contributed by atoms with Crippen LogP contribution in [0.1, 0.15) is 107 Å². The van der Waals surface area contributed by atoms with E-state index in [4.69, 9.17) is 4.74 Å². The van der Waals surface area contributed by atoms with E-state index in [0.717, 1.165) is 54.7 Å². The van der Waals surface area contributed by atoms with Crippen molar-refractivity contribution in [1.82, 2.24) is 34.8 Å². The van der Waals surface area contributed by atoms with Gasteiger partial charge >= 0.3 is 6.03 Å². The molecule has 2 amide bonds. The van der Waals surface area contributed by atoms with Gasteiger partial charge in [-0.3, -0.25) is 14.5 Å². The molecule has 1 aromatic carbocycles. The number of anilines is 2. The minimum absolute atomic E-state index is 0.131. The second-order valence-electron chi connectivity index (χ2n) is 13.4. The maximum Gasteiger partial charge on any atom is 0.320 e. The molecule has 12 nitrogen and oxygen atoms in total. The van der Waals surface area contributed by atoms with Gasteiger partial charge in [0.1, 0.15) is 17.7 Å².